The molecule has 0 saturated carbocycles. The maximum Gasteiger partial charge on any atom is 0.00699 e. The number of nitrogens with zero attached hydrogens (tertiary/aromatic N) is 1. The van der Waals surface area contributed by atoms with Crippen LogP contribution >= 0.6 is 12.6 Å². The Labute approximate surface area is 69.2 Å². The van der Waals surface area contributed by atoms with Crippen LogP contribution in [-0.4, -0.2) is 30.3 Å². The van der Waals surface area contributed by atoms with Crippen LogP contribution in [0.3, 0.4) is 0 Å². The Morgan fingerprint density at radius 1 is 1.60 bits per heavy atom. The first-order chi connectivity index (χ1) is 4.83. The summed E-state index contributed by atoms with van der Waals surface area (Å²) in [5.41, 5.74) is 0. The van der Waals surface area contributed by atoms with Crippen molar-refractivity contribution in [3.8, 4) is 0 Å². The smallest absolute Gasteiger partial charge is 0.00699 e. The van der Waals surface area contributed by atoms with E-state index in [1.807, 2.05) is 0 Å². The molecule has 1 atom stereocenters. The van der Waals surface area contributed by atoms with Gasteiger partial charge >= 0.3 is 0 Å². The van der Waals surface area contributed by atoms with Crippen molar-refractivity contribution in [2.24, 2.45) is 5.92 Å². The van der Waals surface area contributed by atoms with E-state index in [0.29, 0.717) is 0 Å². The third-order valence-corrected chi connectivity index (χ3v) is 2.36. The molecule has 1 saturated heterocycles. The van der Waals surface area contributed by atoms with Gasteiger partial charge in [0.2, 0.25) is 0 Å². The fourth-order valence-electron chi connectivity index (χ4n) is 1.63. The minimum absolute atomic E-state index is 0.911. The zero-order valence-electron chi connectivity index (χ0n) is 6.71. The van der Waals surface area contributed by atoms with E-state index in [1.165, 1.54) is 32.5 Å². The lowest BCUT2D eigenvalue weighted by atomic mass is 10.0. The predicted molar refractivity (Wildman–Crippen MR) is 48.7 cm³/mol. The van der Waals surface area contributed by atoms with Gasteiger partial charge in [0.15, 0.2) is 0 Å². The van der Waals surface area contributed by atoms with E-state index in [-0.39, 0.29) is 0 Å². The summed E-state index contributed by atoms with van der Waals surface area (Å²) in [6, 6.07) is 0. The van der Waals surface area contributed by atoms with Crippen LogP contribution in [-0.2, 0) is 0 Å². The molecule has 2 heteroatoms. The maximum absolute atomic E-state index is 4.22. The second-order valence-corrected chi connectivity index (χ2v) is 3.72. The lowest BCUT2D eigenvalue weighted by molar-refractivity contribution is 0.194. The van der Waals surface area contributed by atoms with Crippen molar-refractivity contribution in [1.82, 2.24) is 4.90 Å². The second kappa shape index (κ2) is 4.24. The average Bonchev–Trinajstić information content (AvgIpc) is 1.88. The molecule has 0 aliphatic carbocycles. The second-order valence-electron chi connectivity index (χ2n) is 3.27. The van der Waals surface area contributed by atoms with Crippen molar-refractivity contribution in [1.29, 1.82) is 0 Å². The summed E-state index contributed by atoms with van der Waals surface area (Å²) in [4.78, 5) is 2.52. The van der Waals surface area contributed by atoms with Gasteiger partial charge < -0.3 is 4.90 Å². The molecule has 1 fully saturated rings. The highest BCUT2D eigenvalue weighted by Gasteiger charge is 2.14. The zero-order chi connectivity index (χ0) is 7.40. The van der Waals surface area contributed by atoms with Crippen LogP contribution in [0.25, 0.3) is 0 Å². The van der Waals surface area contributed by atoms with Crippen molar-refractivity contribution in [3.63, 3.8) is 0 Å². The van der Waals surface area contributed by atoms with Gasteiger partial charge in [-0.05, 0) is 25.3 Å². The third-order valence-electron chi connectivity index (χ3n) is 2.16. The summed E-state index contributed by atoms with van der Waals surface area (Å²) in [5, 5.41) is 0. The Morgan fingerprint density at radius 3 is 3.00 bits per heavy atom. The van der Waals surface area contributed by atoms with Crippen LogP contribution in [0, 0.1) is 5.92 Å². The van der Waals surface area contributed by atoms with Crippen LogP contribution in [0.2, 0.25) is 0 Å². The van der Waals surface area contributed by atoms with Crippen LogP contribution < -0.4 is 0 Å². The molecule has 0 radical (unpaired) electrons. The lowest BCUT2D eigenvalue weighted by Gasteiger charge is -2.30. The molecule has 1 aliphatic rings. The molecule has 60 valence electrons. The number of hydrogen-bond donors (Lipinski definition) is 1. The van der Waals surface area contributed by atoms with Crippen LogP contribution in [0.5, 0.6) is 0 Å². The van der Waals surface area contributed by atoms with Crippen LogP contribution in [0.15, 0.2) is 0 Å². The average molecular weight is 159 g/mol. The first-order valence-corrected chi connectivity index (χ1v) is 4.79. The summed E-state index contributed by atoms with van der Waals surface area (Å²) in [6.07, 6.45) is 2.80. The fourth-order valence-corrected chi connectivity index (χ4v) is 1.91. The summed E-state index contributed by atoms with van der Waals surface area (Å²) in [6.45, 7) is 6.10. The van der Waals surface area contributed by atoms with Gasteiger partial charge in [-0.15, -0.1) is 0 Å². The van der Waals surface area contributed by atoms with Gasteiger partial charge in [0.1, 0.15) is 0 Å². The number of thiol groups is 1. The highest BCUT2D eigenvalue weighted by molar-refractivity contribution is 7.80. The van der Waals surface area contributed by atoms with E-state index in [4.69, 9.17) is 0 Å². The molecular formula is C8H17NS. The van der Waals surface area contributed by atoms with Crippen molar-refractivity contribution >= 4 is 12.6 Å². The van der Waals surface area contributed by atoms with Gasteiger partial charge in [0.05, 0.1) is 0 Å². The molecule has 1 nitrogen and oxygen atoms in total. The first-order valence-electron chi connectivity index (χ1n) is 4.16. The number of rotatable bonds is 2. The quantitative estimate of drug-likeness (QED) is 0.600. The monoisotopic (exact) mass is 159 g/mol. The van der Waals surface area contributed by atoms with E-state index in [9.17, 15) is 0 Å². The minimum atomic E-state index is 0.911. The molecular weight excluding hydrogens is 142 g/mol. The lowest BCUT2D eigenvalue weighted by Crippen LogP contribution is -2.35. The minimum Gasteiger partial charge on any atom is -0.302 e. The molecule has 1 heterocycles. The van der Waals surface area contributed by atoms with Gasteiger partial charge in [0, 0.05) is 18.8 Å². The van der Waals surface area contributed by atoms with Gasteiger partial charge in [0.25, 0.3) is 0 Å². The summed E-state index contributed by atoms with van der Waals surface area (Å²) in [7, 11) is 0. The number of likely N-dealkylation sites (tertiary alicyclic amines) is 1. The standard InChI is InChI=1S/C8H17NS/c1-8-3-2-4-9(7-8)5-6-10/h8,10H,2-7H2,1H3. The van der Waals surface area contributed by atoms with E-state index in [0.717, 1.165) is 11.7 Å². The Balaban J connectivity index is 2.18. The first kappa shape index (κ1) is 8.41. The molecule has 0 amide bonds. The summed E-state index contributed by atoms with van der Waals surface area (Å²) < 4.78 is 0. The summed E-state index contributed by atoms with van der Waals surface area (Å²) >= 11 is 4.22. The largest absolute Gasteiger partial charge is 0.302 e. The molecule has 1 rings (SSSR count). The Morgan fingerprint density at radius 2 is 2.40 bits per heavy atom. The molecule has 0 aromatic rings. The van der Waals surface area contributed by atoms with Crippen LogP contribution in [0.4, 0.5) is 0 Å². The molecule has 0 bridgehead atoms. The molecule has 0 spiro atoms. The molecule has 1 aliphatic heterocycles. The Kier molecular flexibility index (Phi) is 3.57. The molecule has 0 N–H and O–H groups in total. The van der Waals surface area contributed by atoms with Gasteiger partial charge in [-0.25, -0.2) is 0 Å². The van der Waals surface area contributed by atoms with E-state index in [1.54, 1.807) is 0 Å². The van der Waals surface area contributed by atoms with Crippen molar-refractivity contribution in [3.05, 3.63) is 0 Å². The molecule has 10 heavy (non-hydrogen) atoms. The Hall–Kier alpha value is 0.310. The fraction of sp³-hybridized carbons (Fsp3) is 1.00. The van der Waals surface area contributed by atoms with Crippen molar-refractivity contribution < 1.29 is 0 Å². The van der Waals surface area contributed by atoms with Crippen LogP contribution in [0.1, 0.15) is 19.8 Å². The van der Waals surface area contributed by atoms with E-state index >= 15 is 0 Å². The van der Waals surface area contributed by atoms with E-state index in [2.05, 4.69) is 24.5 Å². The molecule has 1 unspecified atom stereocenters. The highest BCUT2D eigenvalue weighted by atomic mass is 32.1. The zero-order valence-corrected chi connectivity index (χ0v) is 7.61. The number of piperidine rings is 1. The van der Waals surface area contributed by atoms with E-state index < -0.39 is 0 Å². The highest BCUT2D eigenvalue weighted by Crippen LogP contribution is 2.14. The molecule has 0 aromatic carbocycles. The normalized spacial score (nSPS) is 28.8. The summed E-state index contributed by atoms with van der Waals surface area (Å²) in [5.74, 6) is 1.92. The topological polar surface area (TPSA) is 3.24 Å². The number of hydrogen-bond acceptors (Lipinski definition) is 2. The van der Waals surface area contributed by atoms with Crippen molar-refractivity contribution in [2.45, 2.75) is 19.8 Å². The maximum atomic E-state index is 4.22. The predicted octanol–water partition coefficient (Wildman–Crippen LogP) is 1.65. The van der Waals surface area contributed by atoms with Crippen molar-refractivity contribution in [2.75, 3.05) is 25.4 Å². The van der Waals surface area contributed by atoms with Gasteiger partial charge in [-0.2, -0.15) is 12.6 Å². The van der Waals surface area contributed by atoms with Gasteiger partial charge in [-0.3, -0.25) is 0 Å². The third kappa shape index (κ3) is 2.51. The SMILES string of the molecule is CC1CCCN(CCS)C1. The Bertz CT molecular complexity index is 93.3. The van der Waals surface area contributed by atoms with Gasteiger partial charge in [-0.1, -0.05) is 6.92 Å². The molecule has 0 aromatic heterocycles.